The lowest BCUT2D eigenvalue weighted by Crippen LogP contribution is -2.14. The molecule has 0 fully saturated rings. The summed E-state index contributed by atoms with van der Waals surface area (Å²) in [6.07, 6.45) is -4.27. The van der Waals surface area contributed by atoms with E-state index in [1.807, 2.05) is 32.8 Å². The molecule has 1 nitrogen and oxygen atoms in total. The number of alkyl halides is 3. The van der Waals surface area contributed by atoms with E-state index in [9.17, 15) is 13.2 Å². The van der Waals surface area contributed by atoms with Gasteiger partial charge in [-0.25, -0.2) is 0 Å². The van der Waals surface area contributed by atoms with Gasteiger partial charge in [-0.3, -0.25) is 0 Å². The summed E-state index contributed by atoms with van der Waals surface area (Å²) in [6.45, 7) is 3.78. The highest BCUT2D eigenvalue weighted by molar-refractivity contribution is 5.55. The largest absolute Gasteiger partial charge is 0.416 e. The Balaban J connectivity index is 3.29. The minimum atomic E-state index is -4.27. The van der Waals surface area contributed by atoms with Crippen LogP contribution in [0.2, 0.25) is 0 Å². The van der Waals surface area contributed by atoms with Crippen molar-refractivity contribution in [1.29, 1.82) is 0 Å². The number of halogens is 3. The standard InChI is InChI=1S/C12H16F3N/c1-8(2)10-7-9(12(13,14)15)5-6-11(10)16(3)4/h5-8H,1-4H3. The van der Waals surface area contributed by atoms with Gasteiger partial charge < -0.3 is 4.90 Å². The molecule has 1 aromatic carbocycles. The van der Waals surface area contributed by atoms with Crippen LogP contribution in [0.25, 0.3) is 0 Å². The van der Waals surface area contributed by atoms with Crippen molar-refractivity contribution < 1.29 is 13.2 Å². The molecule has 0 aliphatic carbocycles. The van der Waals surface area contributed by atoms with E-state index in [1.54, 1.807) is 0 Å². The van der Waals surface area contributed by atoms with Crippen LogP contribution in [-0.2, 0) is 6.18 Å². The second-order valence-corrected chi connectivity index (χ2v) is 4.32. The molecule has 0 aromatic heterocycles. The van der Waals surface area contributed by atoms with Crippen LogP contribution in [-0.4, -0.2) is 14.1 Å². The summed E-state index contributed by atoms with van der Waals surface area (Å²) >= 11 is 0. The zero-order valence-electron chi connectivity index (χ0n) is 9.89. The molecule has 16 heavy (non-hydrogen) atoms. The average molecular weight is 231 g/mol. The Labute approximate surface area is 93.9 Å². The summed E-state index contributed by atoms with van der Waals surface area (Å²) in [5.74, 6) is 0.0692. The lowest BCUT2D eigenvalue weighted by atomic mass is 9.98. The molecule has 0 radical (unpaired) electrons. The van der Waals surface area contributed by atoms with E-state index in [0.29, 0.717) is 0 Å². The van der Waals surface area contributed by atoms with Gasteiger partial charge in [0.15, 0.2) is 0 Å². The first kappa shape index (κ1) is 12.9. The molecular weight excluding hydrogens is 215 g/mol. The lowest BCUT2D eigenvalue weighted by Gasteiger charge is -2.21. The number of anilines is 1. The van der Waals surface area contributed by atoms with Gasteiger partial charge in [-0.05, 0) is 29.7 Å². The maximum atomic E-state index is 12.6. The fraction of sp³-hybridized carbons (Fsp3) is 0.500. The van der Waals surface area contributed by atoms with Gasteiger partial charge >= 0.3 is 6.18 Å². The molecule has 0 bridgehead atoms. The molecule has 0 heterocycles. The monoisotopic (exact) mass is 231 g/mol. The molecule has 90 valence electrons. The predicted octanol–water partition coefficient (Wildman–Crippen LogP) is 3.89. The Bertz CT molecular complexity index is 367. The minimum Gasteiger partial charge on any atom is -0.377 e. The third-order valence-electron chi connectivity index (χ3n) is 2.46. The molecular formula is C12H16F3N. The van der Waals surface area contributed by atoms with Crippen molar-refractivity contribution in [3.63, 3.8) is 0 Å². The van der Waals surface area contributed by atoms with Crippen molar-refractivity contribution in [1.82, 2.24) is 0 Å². The van der Waals surface area contributed by atoms with Crippen LogP contribution in [0.4, 0.5) is 18.9 Å². The number of hydrogen-bond acceptors (Lipinski definition) is 1. The van der Waals surface area contributed by atoms with Crippen molar-refractivity contribution in [2.75, 3.05) is 19.0 Å². The minimum absolute atomic E-state index is 0.0692. The van der Waals surface area contributed by atoms with Crippen LogP contribution in [0.15, 0.2) is 18.2 Å². The van der Waals surface area contributed by atoms with Crippen molar-refractivity contribution in [2.45, 2.75) is 25.9 Å². The highest BCUT2D eigenvalue weighted by Crippen LogP contribution is 2.35. The van der Waals surface area contributed by atoms with E-state index in [4.69, 9.17) is 0 Å². The van der Waals surface area contributed by atoms with Gasteiger partial charge in [-0.15, -0.1) is 0 Å². The fourth-order valence-corrected chi connectivity index (χ4v) is 1.60. The quantitative estimate of drug-likeness (QED) is 0.746. The summed E-state index contributed by atoms with van der Waals surface area (Å²) < 4.78 is 37.7. The summed E-state index contributed by atoms with van der Waals surface area (Å²) in [4.78, 5) is 1.83. The topological polar surface area (TPSA) is 3.24 Å². The molecule has 0 saturated heterocycles. The number of benzene rings is 1. The number of nitrogens with zero attached hydrogens (tertiary/aromatic N) is 1. The van der Waals surface area contributed by atoms with E-state index in [2.05, 4.69) is 0 Å². The molecule has 1 rings (SSSR count). The molecule has 0 unspecified atom stereocenters. The van der Waals surface area contributed by atoms with Crippen LogP contribution in [0.5, 0.6) is 0 Å². The van der Waals surface area contributed by atoms with E-state index in [0.717, 1.165) is 17.3 Å². The van der Waals surface area contributed by atoms with Crippen molar-refractivity contribution in [2.24, 2.45) is 0 Å². The van der Waals surface area contributed by atoms with E-state index < -0.39 is 11.7 Å². The molecule has 0 aliphatic heterocycles. The molecule has 0 aliphatic rings. The van der Waals surface area contributed by atoms with Crippen LogP contribution >= 0.6 is 0 Å². The average Bonchev–Trinajstić information content (AvgIpc) is 2.15. The third-order valence-corrected chi connectivity index (χ3v) is 2.46. The van der Waals surface area contributed by atoms with Crippen molar-refractivity contribution >= 4 is 5.69 Å². The second kappa shape index (κ2) is 4.36. The van der Waals surface area contributed by atoms with Gasteiger partial charge in [-0.1, -0.05) is 13.8 Å². The maximum Gasteiger partial charge on any atom is 0.416 e. The highest BCUT2D eigenvalue weighted by Gasteiger charge is 2.31. The van der Waals surface area contributed by atoms with Crippen LogP contribution in [0.1, 0.15) is 30.9 Å². The summed E-state index contributed by atoms with van der Waals surface area (Å²) in [5.41, 5.74) is 0.977. The molecule has 0 atom stereocenters. The van der Waals surface area contributed by atoms with Gasteiger partial charge in [0.2, 0.25) is 0 Å². The zero-order chi connectivity index (χ0) is 12.5. The molecule has 0 saturated carbocycles. The lowest BCUT2D eigenvalue weighted by molar-refractivity contribution is -0.137. The Morgan fingerprint density at radius 3 is 2.06 bits per heavy atom. The van der Waals surface area contributed by atoms with Crippen molar-refractivity contribution in [3.05, 3.63) is 29.3 Å². The fourth-order valence-electron chi connectivity index (χ4n) is 1.60. The second-order valence-electron chi connectivity index (χ2n) is 4.32. The Kier molecular flexibility index (Phi) is 3.51. The molecule has 1 aromatic rings. The first-order chi connectivity index (χ1) is 7.23. The first-order valence-corrected chi connectivity index (χ1v) is 5.12. The Morgan fingerprint density at radius 2 is 1.69 bits per heavy atom. The van der Waals surface area contributed by atoms with Gasteiger partial charge in [0.25, 0.3) is 0 Å². The third kappa shape index (κ3) is 2.68. The summed E-state index contributed by atoms with van der Waals surface area (Å²) in [5, 5.41) is 0. The van der Waals surface area contributed by atoms with Crippen molar-refractivity contribution in [3.8, 4) is 0 Å². The normalized spacial score (nSPS) is 12.0. The van der Waals surface area contributed by atoms with Gasteiger partial charge in [0.05, 0.1) is 5.56 Å². The van der Waals surface area contributed by atoms with Crippen LogP contribution in [0.3, 0.4) is 0 Å². The van der Waals surface area contributed by atoms with E-state index in [1.165, 1.54) is 12.1 Å². The molecule has 0 spiro atoms. The predicted molar refractivity (Wildman–Crippen MR) is 59.9 cm³/mol. The zero-order valence-corrected chi connectivity index (χ0v) is 9.89. The SMILES string of the molecule is CC(C)c1cc(C(F)(F)F)ccc1N(C)C. The first-order valence-electron chi connectivity index (χ1n) is 5.12. The Hall–Kier alpha value is -1.19. The van der Waals surface area contributed by atoms with Gasteiger partial charge in [0, 0.05) is 19.8 Å². The van der Waals surface area contributed by atoms with Crippen LogP contribution in [0, 0.1) is 0 Å². The molecule has 0 amide bonds. The maximum absolute atomic E-state index is 12.6. The molecule has 0 N–H and O–H groups in total. The molecule has 4 heteroatoms. The number of rotatable bonds is 2. The highest BCUT2D eigenvalue weighted by atomic mass is 19.4. The Morgan fingerprint density at radius 1 is 1.12 bits per heavy atom. The van der Waals surface area contributed by atoms with Crippen LogP contribution < -0.4 is 4.90 Å². The van der Waals surface area contributed by atoms with E-state index >= 15 is 0 Å². The smallest absolute Gasteiger partial charge is 0.377 e. The summed E-state index contributed by atoms with van der Waals surface area (Å²) in [7, 11) is 3.66. The van der Waals surface area contributed by atoms with Gasteiger partial charge in [0.1, 0.15) is 0 Å². The van der Waals surface area contributed by atoms with E-state index in [-0.39, 0.29) is 5.92 Å². The van der Waals surface area contributed by atoms with Gasteiger partial charge in [-0.2, -0.15) is 13.2 Å². The summed E-state index contributed by atoms with van der Waals surface area (Å²) in [6, 6.07) is 3.89. The number of hydrogen-bond donors (Lipinski definition) is 0.